The minimum Gasteiger partial charge on any atom is -0.487 e. The first-order chi connectivity index (χ1) is 16.2. The highest BCUT2D eigenvalue weighted by Crippen LogP contribution is 2.31. The molecular weight excluding hydrogens is 436 g/mol. The first kappa shape index (κ1) is 21.4. The highest BCUT2D eigenvalue weighted by Gasteiger charge is 2.24. The second kappa shape index (κ2) is 9.62. The Labute approximate surface area is 196 Å². The number of hydrogen-bond acceptors (Lipinski definition) is 9. The zero-order valence-corrected chi connectivity index (χ0v) is 19.5. The third-order valence-electron chi connectivity index (χ3n) is 5.86. The van der Waals surface area contributed by atoms with E-state index < -0.39 is 0 Å². The zero-order chi connectivity index (χ0) is 22.6. The van der Waals surface area contributed by atoms with Crippen LogP contribution in [0.4, 0.5) is 5.95 Å². The molecule has 0 amide bonds. The van der Waals surface area contributed by atoms with E-state index in [-0.39, 0.29) is 0 Å². The molecule has 4 aromatic rings. The van der Waals surface area contributed by atoms with Crippen LogP contribution in [0.1, 0.15) is 54.8 Å². The van der Waals surface area contributed by atoms with Gasteiger partial charge in [0.25, 0.3) is 0 Å². The quantitative estimate of drug-likeness (QED) is 0.407. The molecule has 170 valence electrons. The van der Waals surface area contributed by atoms with E-state index in [1.54, 1.807) is 22.3 Å². The van der Waals surface area contributed by atoms with Crippen LogP contribution < -0.4 is 9.64 Å². The molecule has 10 heteroatoms. The summed E-state index contributed by atoms with van der Waals surface area (Å²) in [5.74, 6) is 2.55. The Kier molecular flexibility index (Phi) is 6.25. The van der Waals surface area contributed by atoms with Gasteiger partial charge in [-0.05, 0) is 59.0 Å². The monoisotopic (exact) mass is 462 g/mol. The molecule has 5 rings (SSSR count). The van der Waals surface area contributed by atoms with E-state index in [1.165, 1.54) is 10.6 Å². The van der Waals surface area contributed by atoms with Crippen molar-refractivity contribution in [2.45, 2.75) is 45.1 Å². The summed E-state index contributed by atoms with van der Waals surface area (Å²) in [5, 5.41) is 14.5. The lowest BCUT2D eigenvalue weighted by atomic mass is 9.98. The van der Waals surface area contributed by atoms with Gasteiger partial charge >= 0.3 is 0 Å². The minimum atomic E-state index is 0.449. The molecule has 0 unspecified atom stereocenters. The van der Waals surface area contributed by atoms with Crippen LogP contribution in [0.25, 0.3) is 5.69 Å². The van der Waals surface area contributed by atoms with Crippen LogP contribution in [0.15, 0.2) is 48.4 Å². The van der Waals surface area contributed by atoms with E-state index in [1.807, 2.05) is 36.7 Å². The number of benzene rings is 1. The molecule has 33 heavy (non-hydrogen) atoms. The predicted molar refractivity (Wildman–Crippen MR) is 126 cm³/mol. The Hall–Kier alpha value is -3.40. The Morgan fingerprint density at radius 3 is 2.52 bits per heavy atom. The third-order valence-corrected chi connectivity index (χ3v) is 6.91. The van der Waals surface area contributed by atoms with E-state index in [9.17, 15) is 0 Å². The molecule has 9 nitrogen and oxygen atoms in total. The summed E-state index contributed by atoms with van der Waals surface area (Å²) in [6.07, 6.45) is 7.58. The summed E-state index contributed by atoms with van der Waals surface area (Å²) in [7, 11) is 0. The standard InChI is InChI=1S/C23H26N8OS/c1-16(2)18-11-24-23(25-12-18)30-9-7-17(8-10-30)22-27-19(14-33-22)13-32-21-5-3-20(4-6-21)31-15-26-28-29-31/h3-6,11-12,14-17H,7-10,13H2,1-2H3. The fraction of sp³-hybridized carbons (Fsp3) is 0.391. The second-order valence-electron chi connectivity index (χ2n) is 8.45. The van der Waals surface area contributed by atoms with Gasteiger partial charge in [0.1, 0.15) is 18.7 Å². The van der Waals surface area contributed by atoms with Gasteiger partial charge in [0, 0.05) is 36.8 Å². The molecule has 1 aliphatic rings. The number of tetrazole rings is 1. The maximum Gasteiger partial charge on any atom is 0.225 e. The number of hydrogen-bond donors (Lipinski definition) is 0. The van der Waals surface area contributed by atoms with E-state index in [0.29, 0.717) is 18.4 Å². The molecule has 1 aromatic carbocycles. The maximum absolute atomic E-state index is 5.92. The van der Waals surface area contributed by atoms with Crippen molar-refractivity contribution in [3.8, 4) is 11.4 Å². The van der Waals surface area contributed by atoms with Gasteiger partial charge in [-0.25, -0.2) is 19.6 Å². The van der Waals surface area contributed by atoms with Crippen molar-refractivity contribution in [2.75, 3.05) is 18.0 Å². The molecule has 0 N–H and O–H groups in total. The van der Waals surface area contributed by atoms with Crippen molar-refractivity contribution in [3.63, 3.8) is 0 Å². The van der Waals surface area contributed by atoms with Crippen molar-refractivity contribution in [1.82, 2.24) is 35.2 Å². The van der Waals surface area contributed by atoms with Gasteiger partial charge in [-0.2, -0.15) is 0 Å². The van der Waals surface area contributed by atoms with Gasteiger partial charge in [-0.1, -0.05) is 13.8 Å². The van der Waals surface area contributed by atoms with Crippen LogP contribution in [0.2, 0.25) is 0 Å². The van der Waals surface area contributed by atoms with Gasteiger partial charge in [-0.3, -0.25) is 0 Å². The molecule has 0 bridgehead atoms. The van der Waals surface area contributed by atoms with Crippen LogP contribution in [0.5, 0.6) is 5.75 Å². The van der Waals surface area contributed by atoms with E-state index >= 15 is 0 Å². The van der Waals surface area contributed by atoms with E-state index in [2.05, 4.69) is 49.6 Å². The molecule has 0 atom stereocenters. The molecule has 0 aliphatic carbocycles. The Bertz CT molecular complexity index is 1150. The smallest absolute Gasteiger partial charge is 0.225 e. The lowest BCUT2D eigenvalue weighted by Crippen LogP contribution is -2.34. The third kappa shape index (κ3) is 5.00. The molecule has 0 radical (unpaired) electrons. The molecule has 1 aliphatic heterocycles. The van der Waals surface area contributed by atoms with Crippen molar-refractivity contribution >= 4 is 17.3 Å². The van der Waals surface area contributed by atoms with Crippen LogP contribution in [0, 0.1) is 0 Å². The van der Waals surface area contributed by atoms with Crippen LogP contribution in [0.3, 0.4) is 0 Å². The highest BCUT2D eigenvalue weighted by molar-refractivity contribution is 7.09. The maximum atomic E-state index is 5.92. The number of anilines is 1. The average molecular weight is 463 g/mol. The topological polar surface area (TPSA) is 94.7 Å². The molecule has 4 heterocycles. The molecular formula is C23H26N8OS. The van der Waals surface area contributed by atoms with Gasteiger partial charge in [0.15, 0.2) is 0 Å². The van der Waals surface area contributed by atoms with Crippen molar-refractivity contribution < 1.29 is 4.74 Å². The minimum absolute atomic E-state index is 0.449. The van der Waals surface area contributed by atoms with Gasteiger partial charge in [0.2, 0.25) is 5.95 Å². The van der Waals surface area contributed by atoms with Crippen LogP contribution in [-0.2, 0) is 6.61 Å². The highest BCUT2D eigenvalue weighted by atomic mass is 32.1. The van der Waals surface area contributed by atoms with Gasteiger partial charge in [0.05, 0.1) is 16.4 Å². The van der Waals surface area contributed by atoms with Crippen LogP contribution in [-0.4, -0.2) is 48.2 Å². The average Bonchev–Trinajstić information content (AvgIpc) is 3.56. The SMILES string of the molecule is CC(C)c1cnc(N2CCC(c3nc(COc4ccc(-n5cnnn5)cc4)cs3)CC2)nc1. The molecule has 0 saturated carbocycles. The zero-order valence-electron chi connectivity index (χ0n) is 18.7. The number of piperidine rings is 1. The number of thiazole rings is 1. The molecule has 3 aromatic heterocycles. The summed E-state index contributed by atoms with van der Waals surface area (Å²) in [6, 6.07) is 7.67. The molecule has 1 fully saturated rings. The first-order valence-electron chi connectivity index (χ1n) is 11.1. The predicted octanol–water partition coefficient (Wildman–Crippen LogP) is 4.00. The Balaban J connectivity index is 1.13. The summed E-state index contributed by atoms with van der Waals surface area (Å²) in [4.78, 5) is 16.3. The Morgan fingerprint density at radius 2 is 1.85 bits per heavy atom. The summed E-state index contributed by atoms with van der Waals surface area (Å²) < 4.78 is 7.53. The summed E-state index contributed by atoms with van der Waals surface area (Å²) >= 11 is 1.73. The van der Waals surface area contributed by atoms with Crippen molar-refractivity contribution in [1.29, 1.82) is 0 Å². The van der Waals surface area contributed by atoms with E-state index in [4.69, 9.17) is 9.72 Å². The number of nitrogens with zero attached hydrogens (tertiary/aromatic N) is 8. The Morgan fingerprint density at radius 1 is 1.09 bits per heavy atom. The normalized spacial score (nSPS) is 14.7. The largest absolute Gasteiger partial charge is 0.487 e. The van der Waals surface area contributed by atoms with Crippen LogP contribution >= 0.6 is 11.3 Å². The van der Waals surface area contributed by atoms with Gasteiger partial charge < -0.3 is 9.64 Å². The van der Waals surface area contributed by atoms with Gasteiger partial charge in [-0.15, -0.1) is 16.4 Å². The van der Waals surface area contributed by atoms with Crippen molar-refractivity contribution in [2.24, 2.45) is 0 Å². The lowest BCUT2D eigenvalue weighted by molar-refractivity contribution is 0.301. The van der Waals surface area contributed by atoms with Crippen molar-refractivity contribution in [3.05, 3.63) is 64.6 Å². The molecule has 0 spiro atoms. The fourth-order valence-corrected chi connectivity index (χ4v) is 4.80. The fourth-order valence-electron chi connectivity index (χ4n) is 3.83. The van der Waals surface area contributed by atoms with E-state index in [0.717, 1.165) is 49.0 Å². The number of rotatable bonds is 7. The number of ether oxygens (including phenoxy) is 1. The summed E-state index contributed by atoms with van der Waals surface area (Å²) in [5.41, 5.74) is 3.03. The second-order valence-corrected chi connectivity index (χ2v) is 9.34. The number of aromatic nitrogens is 7. The first-order valence-corrected chi connectivity index (χ1v) is 12.0. The molecule has 1 saturated heterocycles. The lowest BCUT2D eigenvalue weighted by Gasteiger charge is -2.31. The summed E-state index contributed by atoms with van der Waals surface area (Å²) in [6.45, 7) is 6.67.